The molecule has 2 aromatic rings. The number of nitrogens with zero attached hydrogens (tertiary/aromatic N) is 2. The Labute approximate surface area is 153 Å². The lowest BCUT2D eigenvalue weighted by Crippen LogP contribution is -2.43. The van der Waals surface area contributed by atoms with Crippen molar-refractivity contribution in [2.45, 2.75) is 31.5 Å². The molecule has 0 bridgehead atoms. The van der Waals surface area contributed by atoms with Gasteiger partial charge in [0, 0.05) is 31.4 Å². The van der Waals surface area contributed by atoms with Gasteiger partial charge in [-0.1, -0.05) is 18.2 Å². The highest BCUT2D eigenvalue weighted by Crippen LogP contribution is 2.32. The molecule has 0 saturated carbocycles. The van der Waals surface area contributed by atoms with E-state index in [1.54, 1.807) is 42.7 Å². The molecule has 0 saturated heterocycles. The number of fused-ring (bicyclic) bond motifs is 1. The van der Waals surface area contributed by atoms with Crippen LogP contribution in [-0.2, 0) is 22.6 Å². The summed E-state index contributed by atoms with van der Waals surface area (Å²) >= 11 is 0. The number of halogens is 3. The van der Waals surface area contributed by atoms with Crippen molar-refractivity contribution in [2.24, 2.45) is 0 Å². The third-order valence-corrected chi connectivity index (χ3v) is 4.66. The van der Waals surface area contributed by atoms with Gasteiger partial charge >= 0.3 is 18.1 Å². The first-order valence-corrected chi connectivity index (χ1v) is 8.35. The van der Waals surface area contributed by atoms with Gasteiger partial charge in [-0.3, -0.25) is 14.6 Å². The molecule has 0 aliphatic carbocycles. The maximum atomic E-state index is 12.7. The molecule has 1 N–H and O–H groups in total. The second-order valence-corrected chi connectivity index (χ2v) is 6.43. The Kier molecular flexibility index (Phi) is 5.16. The van der Waals surface area contributed by atoms with E-state index in [9.17, 15) is 27.9 Å². The van der Waals surface area contributed by atoms with Crippen LogP contribution in [-0.4, -0.2) is 39.6 Å². The van der Waals surface area contributed by atoms with Crippen molar-refractivity contribution >= 4 is 11.9 Å². The molecule has 1 aromatic heterocycles. The molecule has 1 aromatic carbocycles. The molecule has 142 valence electrons. The summed E-state index contributed by atoms with van der Waals surface area (Å²) in [6.45, 7) is -0.134. The molecule has 27 heavy (non-hydrogen) atoms. The zero-order valence-corrected chi connectivity index (χ0v) is 14.2. The van der Waals surface area contributed by atoms with Crippen molar-refractivity contribution in [3.8, 4) is 0 Å². The van der Waals surface area contributed by atoms with E-state index in [4.69, 9.17) is 0 Å². The van der Waals surface area contributed by atoms with Crippen molar-refractivity contribution in [1.82, 2.24) is 9.88 Å². The first-order valence-electron chi connectivity index (χ1n) is 8.35. The fourth-order valence-electron chi connectivity index (χ4n) is 3.34. The summed E-state index contributed by atoms with van der Waals surface area (Å²) in [5.74, 6) is -3.29. The number of hydrogen-bond acceptors (Lipinski definition) is 3. The summed E-state index contributed by atoms with van der Waals surface area (Å²) in [5.41, 5.74) is 2.92. The molecular weight excluding hydrogens is 361 g/mol. The van der Waals surface area contributed by atoms with Gasteiger partial charge in [0.1, 0.15) is 0 Å². The molecule has 0 spiro atoms. The predicted octanol–water partition coefficient (Wildman–Crippen LogP) is 3.14. The number of carboxylic acid groups (broad SMARTS) is 1. The van der Waals surface area contributed by atoms with Gasteiger partial charge in [0.2, 0.25) is 0 Å². The highest BCUT2D eigenvalue weighted by atomic mass is 19.4. The van der Waals surface area contributed by atoms with Crippen molar-refractivity contribution in [3.05, 3.63) is 65.0 Å². The molecule has 0 radical (unpaired) electrons. The number of alkyl halides is 3. The van der Waals surface area contributed by atoms with E-state index in [-0.39, 0.29) is 19.5 Å². The lowest BCUT2D eigenvalue weighted by atomic mass is 9.86. The Bertz CT molecular complexity index is 853. The number of aliphatic carboxylic acids is 1. The van der Waals surface area contributed by atoms with Crippen LogP contribution in [0.1, 0.15) is 34.6 Å². The second kappa shape index (κ2) is 7.38. The van der Waals surface area contributed by atoms with Crippen LogP contribution in [0.15, 0.2) is 42.7 Å². The number of rotatable bonds is 4. The smallest absolute Gasteiger partial charge is 0.471 e. The summed E-state index contributed by atoms with van der Waals surface area (Å²) in [5, 5.41) is 9.26. The summed E-state index contributed by atoms with van der Waals surface area (Å²) in [6.07, 6.45) is -1.61. The number of aromatic nitrogens is 1. The molecule has 1 atom stereocenters. The quantitative estimate of drug-likeness (QED) is 0.887. The Hall–Kier alpha value is -2.90. The highest BCUT2D eigenvalue weighted by Gasteiger charge is 2.43. The number of pyridine rings is 1. The first kappa shape index (κ1) is 18.9. The summed E-state index contributed by atoms with van der Waals surface area (Å²) in [7, 11) is 0. The van der Waals surface area contributed by atoms with Gasteiger partial charge in [-0.05, 0) is 40.8 Å². The molecule has 1 aliphatic rings. The Morgan fingerprint density at radius 2 is 1.81 bits per heavy atom. The Balaban J connectivity index is 1.92. The summed E-state index contributed by atoms with van der Waals surface area (Å²) in [6, 6.07) is 8.74. The van der Waals surface area contributed by atoms with Gasteiger partial charge in [0.25, 0.3) is 0 Å². The van der Waals surface area contributed by atoms with Gasteiger partial charge in [0.15, 0.2) is 0 Å². The third-order valence-electron chi connectivity index (χ3n) is 4.66. The SMILES string of the molecule is O=C(O)CC(c1ccncc1)c1ccc2c(c1)CN(C(=O)C(F)(F)F)CC2. The molecule has 5 nitrogen and oxygen atoms in total. The number of carbonyl (C=O) groups excluding carboxylic acids is 1. The van der Waals surface area contributed by atoms with Crippen LogP contribution in [0.4, 0.5) is 13.2 Å². The topological polar surface area (TPSA) is 70.5 Å². The standard InChI is InChI=1S/C19H17F3N2O3/c20-19(21,22)18(27)24-8-5-12-1-2-14(9-15(12)11-24)16(10-17(25)26)13-3-6-23-7-4-13/h1-4,6-7,9,16H,5,8,10-11H2,(H,25,26). The van der Waals surface area contributed by atoms with Gasteiger partial charge < -0.3 is 10.0 Å². The van der Waals surface area contributed by atoms with Crippen molar-refractivity contribution in [1.29, 1.82) is 0 Å². The minimum atomic E-state index is -4.90. The normalized spacial score (nSPS) is 15.1. The molecule has 1 aliphatic heterocycles. The summed E-state index contributed by atoms with van der Waals surface area (Å²) < 4.78 is 38.2. The number of carboxylic acids is 1. The second-order valence-electron chi connectivity index (χ2n) is 6.43. The van der Waals surface area contributed by atoms with E-state index in [0.717, 1.165) is 16.0 Å². The molecular formula is C19H17F3N2O3. The molecule has 1 amide bonds. The average molecular weight is 378 g/mol. The van der Waals surface area contributed by atoms with E-state index in [0.29, 0.717) is 17.5 Å². The molecule has 1 unspecified atom stereocenters. The predicted molar refractivity (Wildman–Crippen MR) is 90.0 cm³/mol. The van der Waals surface area contributed by atoms with Crippen LogP contribution in [0.25, 0.3) is 0 Å². The van der Waals surface area contributed by atoms with E-state index >= 15 is 0 Å². The first-order chi connectivity index (χ1) is 12.8. The lowest BCUT2D eigenvalue weighted by Gasteiger charge is -2.30. The number of hydrogen-bond donors (Lipinski definition) is 1. The number of amides is 1. The average Bonchev–Trinajstić information content (AvgIpc) is 2.64. The Morgan fingerprint density at radius 1 is 1.11 bits per heavy atom. The van der Waals surface area contributed by atoms with Crippen LogP contribution < -0.4 is 0 Å². The van der Waals surface area contributed by atoms with Gasteiger partial charge in [-0.2, -0.15) is 13.2 Å². The van der Waals surface area contributed by atoms with Gasteiger partial charge in [-0.15, -0.1) is 0 Å². The minimum Gasteiger partial charge on any atom is -0.481 e. The highest BCUT2D eigenvalue weighted by molar-refractivity contribution is 5.82. The van der Waals surface area contributed by atoms with E-state index in [2.05, 4.69) is 4.98 Å². The molecule has 3 rings (SSSR count). The van der Waals surface area contributed by atoms with Crippen LogP contribution in [0.2, 0.25) is 0 Å². The number of benzene rings is 1. The fraction of sp³-hybridized carbons (Fsp3) is 0.316. The summed E-state index contributed by atoms with van der Waals surface area (Å²) in [4.78, 5) is 27.5. The zero-order valence-electron chi connectivity index (χ0n) is 14.2. The fourth-order valence-corrected chi connectivity index (χ4v) is 3.34. The molecule has 2 heterocycles. The largest absolute Gasteiger partial charge is 0.481 e. The van der Waals surface area contributed by atoms with Crippen molar-refractivity contribution < 1.29 is 27.9 Å². The van der Waals surface area contributed by atoms with Gasteiger partial charge in [-0.25, -0.2) is 0 Å². The number of carbonyl (C=O) groups is 2. The van der Waals surface area contributed by atoms with E-state index < -0.39 is 24.0 Å². The monoisotopic (exact) mass is 378 g/mol. The minimum absolute atomic E-state index is 0.00754. The zero-order chi connectivity index (χ0) is 19.6. The van der Waals surface area contributed by atoms with Crippen LogP contribution >= 0.6 is 0 Å². The van der Waals surface area contributed by atoms with E-state index in [1.807, 2.05) is 0 Å². The maximum Gasteiger partial charge on any atom is 0.471 e. The van der Waals surface area contributed by atoms with Crippen molar-refractivity contribution in [2.75, 3.05) is 6.54 Å². The third kappa shape index (κ3) is 4.27. The Morgan fingerprint density at radius 3 is 2.44 bits per heavy atom. The van der Waals surface area contributed by atoms with Gasteiger partial charge in [0.05, 0.1) is 6.42 Å². The van der Waals surface area contributed by atoms with E-state index in [1.165, 1.54) is 0 Å². The van der Waals surface area contributed by atoms with Crippen LogP contribution in [0.3, 0.4) is 0 Å². The van der Waals surface area contributed by atoms with Crippen LogP contribution in [0.5, 0.6) is 0 Å². The maximum absolute atomic E-state index is 12.7. The molecule has 0 fully saturated rings. The van der Waals surface area contributed by atoms with Crippen molar-refractivity contribution in [3.63, 3.8) is 0 Å². The molecule has 8 heteroatoms. The lowest BCUT2D eigenvalue weighted by molar-refractivity contribution is -0.186. The van der Waals surface area contributed by atoms with Crippen LogP contribution in [0, 0.1) is 0 Å².